The van der Waals surface area contributed by atoms with E-state index in [1.807, 2.05) is 34.6 Å². The van der Waals surface area contributed by atoms with Crippen LogP contribution in [-0.4, -0.2) is 150 Å². The molecule has 2 aliphatic heterocycles. The first kappa shape index (κ1) is 44.7. The second kappa shape index (κ2) is 15.9. The first-order valence-corrected chi connectivity index (χ1v) is 21.0. The van der Waals surface area contributed by atoms with Crippen molar-refractivity contribution in [1.29, 1.82) is 0 Å². The van der Waals surface area contributed by atoms with Crippen LogP contribution in [0.4, 0.5) is 0 Å². The molecule has 56 heavy (non-hydrogen) atoms. The molecule has 4 aliphatic carbocycles. The van der Waals surface area contributed by atoms with Gasteiger partial charge in [0, 0.05) is 0 Å². The number of hydrogen-bond donors (Lipinski definition) is 10. The molecule has 0 unspecified atom stereocenters. The quantitative estimate of drug-likeness (QED) is 0.110. The third kappa shape index (κ3) is 7.06. The number of fused-ring (bicyclic) bond motifs is 5. The van der Waals surface area contributed by atoms with Gasteiger partial charge in [-0.05, 0) is 117 Å². The van der Waals surface area contributed by atoms with Crippen LogP contribution in [0.1, 0.15) is 107 Å². The standard InChI is InChI=1S/C42H72O14/c1-20(2)10-9-13-42(8,56-37-34(52)32(50)30(48)25(19-44)55-37)21-11-15-40(6)28(21)22(45)16-26-39(5)14-12-27(46)38(3,4)35(39)23(17-41(26,40)7)53-36-33(51)31(49)29(47)24(18-43)54-36/h10,21-37,43-52H,9,11-19H2,1-8H3/t21-,22-,23+,24-,25-,26-,27-,28+,29-,30-,31+,32+,33-,34-,35-,36-,37+,39-,40-,41-,42+/m1/s1. The highest BCUT2D eigenvalue weighted by Crippen LogP contribution is 2.76. The molecule has 0 aromatic rings. The number of allylic oxidation sites excluding steroid dienone is 2. The van der Waals surface area contributed by atoms with E-state index in [0.717, 1.165) is 12.0 Å². The molecule has 0 bridgehead atoms. The van der Waals surface area contributed by atoms with Gasteiger partial charge in [0.05, 0.1) is 37.1 Å². The van der Waals surface area contributed by atoms with Crippen LogP contribution in [0.2, 0.25) is 0 Å². The maximum Gasteiger partial charge on any atom is 0.187 e. The second-order valence-corrected chi connectivity index (χ2v) is 20.2. The molecule has 0 amide bonds. The molecule has 0 spiro atoms. The van der Waals surface area contributed by atoms with Gasteiger partial charge in [0.2, 0.25) is 0 Å². The van der Waals surface area contributed by atoms with Gasteiger partial charge in [-0.15, -0.1) is 0 Å². The number of ether oxygens (including phenoxy) is 4. The van der Waals surface area contributed by atoms with Crippen LogP contribution in [0.3, 0.4) is 0 Å². The predicted octanol–water partition coefficient (Wildman–Crippen LogP) is 1.12. The molecule has 2 heterocycles. The summed E-state index contributed by atoms with van der Waals surface area (Å²) in [4.78, 5) is 0. The Morgan fingerprint density at radius 2 is 1.32 bits per heavy atom. The summed E-state index contributed by atoms with van der Waals surface area (Å²) < 4.78 is 25.4. The molecule has 2 saturated heterocycles. The maximum atomic E-state index is 12.6. The first-order chi connectivity index (χ1) is 26.0. The van der Waals surface area contributed by atoms with Crippen LogP contribution in [0, 0.1) is 45.3 Å². The van der Waals surface area contributed by atoms with Gasteiger partial charge >= 0.3 is 0 Å². The smallest absolute Gasteiger partial charge is 0.187 e. The summed E-state index contributed by atoms with van der Waals surface area (Å²) in [5.74, 6) is -0.781. The first-order valence-electron chi connectivity index (χ1n) is 21.0. The molecule has 6 rings (SSSR count). The van der Waals surface area contributed by atoms with E-state index in [0.29, 0.717) is 44.9 Å². The Bertz CT molecular complexity index is 1400. The average molecular weight is 801 g/mol. The highest BCUT2D eigenvalue weighted by Gasteiger charge is 2.74. The summed E-state index contributed by atoms with van der Waals surface area (Å²) in [6.45, 7) is 15.7. The Morgan fingerprint density at radius 1 is 0.750 bits per heavy atom. The van der Waals surface area contributed by atoms with E-state index in [9.17, 15) is 51.1 Å². The zero-order valence-corrected chi connectivity index (χ0v) is 34.6. The van der Waals surface area contributed by atoms with Crippen molar-refractivity contribution in [2.45, 2.75) is 192 Å². The molecular weight excluding hydrogens is 728 g/mol. The van der Waals surface area contributed by atoms with E-state index in [1.165, 1.54) is 0 Å². The third-order valence-corrected chi connectivity index (χ3v) is 16.6. The fourth-order valence-electron chi connectivity index (χ4n) is 13.5. The lowest BCUT2D eigenvalue weighted by molar-refractivity contribution is -0.349. The Kier molecular flexibility index (Phi) is 12.7. The van der Waals surface area contributed by atoms with Crippen molar-refractivity contribution in [3.05, 3.63) is 11.6 Å². The number of rotatable bonds is 10. The van der Waals surface area contributed by atoms with E-state index in [4.69, 9.17) is 18.9 Å². The minimum atomic E-state index is -1.61. The lowest BCUT2D eigenvalue weighted by atomic mass is 9.34. The molecule has 14 nitrogen and oxygen atoms in total. The van der Waals surface area contributed by atoms with E-state index in [2.05, 4.69) is 26.8 Å². The van der Waals surface area contributed by atoms with Gasteiger partial charge in [0.15, 0.2) is 12.6 Å². The molecule has 6 aliphatic rings. The zero-order valence-electron chi connectivity index (χ0n) is 34.6. The summed E-state index contributed by atoms with van der Waals surface area (Å²) in [5.41, 5.74) is -1.92. The summed E-state index contributed by atoms with van der Waals surface area (Å²) in [6, 6.07) is 0. The molecular formula is C42H72O14. The average Bonchev–Trinajstić information content (AvgIpc) is 3.52. The van der Waals surface area contributed by atoms with Gasteiger partial charge < -0.3 is 70.0 Å². The molecule has 14 heteroatoms. The van der Waals surface area contributed by atoms with Gasteiger partial charge in [0.25, 0.3) is 0 Å². The van der Waals surface area contributed by atoms with Crippen molar-refractivity contribution < 1.29 is 70.0 Å². The monoisotopic (exact) mass is 800 g/mol. The molecule has 4 saturated carbocycles. The minimum Gasteiger partial charge on any atom is -0.394 e. The van der Waals surface area contributed by atoms with E-state index in [1.54, 1.807) is 0 Å². The van der Waals surface area contributed by atoms with Crippen molar-refractivity contribution in [3.8, 4) is 0 Å². The van der Waals surface area contributed by atoms with Crippen molar-refractivity contribution in [2.24, 2.45) is 45.3 Å². The SMILES string of the molecule is CC(C)=CCC[C@](C)(O[C@@H]1O[C@H](CO)[C@@H](O)[C@H](O)[C@H]1O)[C@@H]1CC[C@]2(C)[C@@H]1[C@H](O)C[C@@H]1[C@@]3(C)CC[C@@H](O)C(C)(C)[C@H]3[C@@H](O[C@@H]3O[C@H](CO)[C@@H](O)[C@H](O)[C@H]3O)C[C@]12C. The highest BCUT2D eigenvalue weighted by atomic mass is 16.7. The Labute approximate surface area is 331 Å². The van der Waals surface area contributed by atoms with Gasteiger partial charge in [0.1, 0.15) is 48.8 Å². The third-order valence-electron chi connectivity index (χ3n) is 16.6. The Morgan fingerprint density at radius 3 is 1.89 bits per heavy atom. The zero-order chi connectivity index (χ0) is 41.5. The largest absolute Gasteiger partial charge is 0.394 e. The van der Waals surface area contributed by atoms with Crippen LogP contribution in [0.5, 0.6) is 0 Å². The van der Waals surface area contributed by atoms with E-state index >= 15 is 0 Å². The fourth-order valence-corrected chi connectivity index (χ4v) is 13.5. The number of aliphatic hydroxyl groups is 10. The summed E-state index contributed by atoms with van der Waals surface area (Å²) in [5, 5.41) is 109. The highest BCUT2D eigenvalue weighted by molar-refractivity contribution is 5.22. The Balaban J connectivity index is 1.39. The normalized spacial score (nSPS) is 52.6. The van der Waals surface area contributed by atoms with Crippen LogP contribution in [-0.2, 0) is 18.9 Å². The van der Waals surface area contributed by atoms with Crippen molar-refractivity contribution in [3.63, 3.8) is 0 Å². The number of hydrogen-bond acceptors (Lipinski definition) is 14. The molecule has 0 radical (unpaired) electrons. The molecule has 0 aromatic heterocycles. The van der Waals surface area contributed by atoms with Crippen molar-refractivity contribution in [1.82, 2.24) is 0 Å². The molecule has 324 valence electrons. The van der Waals surface area contributed by atoms with Crippen LogP contribution in [0.25, 0.3) is 0 Å². The summed E-state index contributed by atoms with van der Waals surface area (Å²) in [6.07, 6.45) is -9.52. The number of aliphatic hydroxyl groups excluding tert-OH is 10. The van der Waals surface area contributed by atoms with Crippen LogP contribution < -0.4 is 0 Å². The van der Waals surface area contributed by atoms with Gasteiger partial charge in [-0.25, -0.2) is 0 Å². The topological polar surface area (TPSA) is 239 Å². The van der Waals surface area contributed by atoms with Gasteiger partial charge in [-0.3, -0.25) is 0 Å². The lowest BCUT2D eigenvalue weighted by Gasteiger charge is -2.72. The maximum absolute atomic E-state index is 12.6. The lowest BCUT2D eigenvalue weighted by Crippen LogP contribution is -2.71. The minimum absolute atomic E-state index is 0.000258. The van der Waals surface area contributed by atoms with Crippen molar-refractivity contribution in [2.75, 3.05) is 13.2 Å². The van der Waals surface area contributed by atoms with Crippen LogP contribution >= 0.6 is 0 Å². The summed E-state index contributed by atoms with van der Waals surface area (Å²) in [7, 11) is 0. The molecule has 6 fully saturated rings. The van der Waals surface area contributed by atoms with Gasteiger partial charge in [-0.2, -0.15) is 0 Å². The summed E-state index contributed by atoms with van der Waals surface area (Å²) >= 11 is 0. The molecule has 0 aromatic carbocycles. The second-order valence-electron chi connectivity index (χ2n) is 20.2. The van der Waals surface area contributed by atoms with E-state index in [-0.39, 0.29) is 23.7 Å². The van der Waals surface area contributed by atoms with Gasteiger partial charge in [-0.1, -0.05) is 46.3 Å². The van der Waals surface area contributed by atoms with Crippen molar-refractivity contribution >= 4 is 0 Å². The Hall–Kier alpha value is -0.820. The van der Waals surface area contributed by atoms with Crippen LogP contribution in [0.15, 0.2) is 11.6 Å². The molecule has 10 N–H and O–H groups in total. The van der Waals surface area contributed by atoms with E-state index < -0.39 is 120 Å². The molecule has 21 atom stereocenters. The predicted molar refractivity (Wildman–Crippen MR) is 202 cm³/mol. The fraction of sp³-hybridized carbons (Fsp3) is 0.952.